The summed E-state index contributed by atoms with van der Waals surface area (Å²) in [5, 5.41) is 14.8. The monoisotopic (exact) mass is 540 g/mol. The van der Waals surface area contributed by atoms with E-state index in [9.17, 15) is 18.0 Å². The normalized spacial score (nSPS) is 17.9. The van der Waals surface area contributed by atoms with Crippen molar-refractivity contribution in [3.05, 3.63) is 75.6 Å². The van der Waals surface area contributed by atoms with Gasteiger partial charge in [-0.2, -0.15) is 23.3 Å². The van der Waals surface area contributed by atoms with Gasteiger partial charge in [-0.25, -0.2) is 4.85 Å². The lowest BCUT2D eigenvalue weighted by atomic mass is 10.1. The van der Waals surface area contributed by atoms with Crippen molar-refractivity contribution in [3.63, 3.8) is 0 Å². The number of thioether (sulfide) groups is 1. The fourth-order valence-corrected chi connectivity index (χ4v) is 5.47. The number of aliphatic imine (C=N–C) groups is 1. The van der Waals surface area contributed by atoms with E-state index in [2.05, 4.69) is 24.7 Å². The Balaban J connectivity index is 1.32. The number of aliphatic hydroxyl groups is 1. The molecule has 1 fully saturated rings. The fourth-order valence-electron chi connectivity index (χ4n) is 4.51. The highest BCUT2D eigenvalue weighted by Crippen LogP contribution is 2.35. The van der Waals surface area contributed by atoms with Crippen LogP contribution in [0.2, 0.25) is 0 Å². The number of amidine groups is 1. The van der Waals surface area contributed by atoms with Crippen molar-refractivity contribution in [2.75, 3.05) is 39.3 Å². The average molecular weight is 541 g/mol. The molecule has 2 aromatic carbocycles. The van der Waals surface area contributed by atoms with Crippen molar-refractivity contribution in [1.82, 2.24) is 19.6 Å². The first-order valence-corrected chi connectivity index (χ1v) is 12.7. The number of β-amino-alcohol motifs (C(OH)–C–C–N with tert-alkyl or cyclic N) is 1. The van der Waals surface area contributed by atoms with Gasteiger partial charge in [-0.05, 0) is 47.2 Å². The number of nitrogens with zero attached hydrogens (tertiary/aromatic N) is 6. The van der Waals surface area contributed by atoms with Crippen LogP contribution in [0.25, 0.3) is 21.8 Å². The van der Waals surface area contributed by atoms with Crippen LogP contribution in [0.3, 0.4) is 0 Å². The summed E-state index contributed by atoms with van der Waals surface area (Å²) in [4.78, 5) is 24.6. The number of hydrogen-bond acceptors (Lipinski definition) is 6. The highest BCUT2D eigenvalue weighted by atomic mass is 32.2. The second-order valence-electron chi connectivity index (χ2n) is 8.93. The van der Waals surface area contributed by atoms with Crippen molar-refractivity contribution in [2.24, 2.45) is 4.99 Å². The van der Waals surface area contributed by atoms with Crippen LogP contribution >= 0.6 is 11.8 Å². The number of benzene rings is 2. The Hall–Kier alpha value is -3.66. The minimum absolute atomic E-state index is 0.0240. The average Bonchev–Trinajstić information content (AvgIpc) is 3.47. The number of halogens is 3. The molecule has 2 aliphatic heterocycles. The van der Waals surface area contributed by atoms with Gasteiger partial charge in [0.05, 0.1) is 41.9 Å². The SMILES string of the molecule is [C-]#[N+]c1ccc(Cn2ncc3cc(/C=C4\SC(N5CCN(CCO)CC5)=NC4=O)ccc32)c(C(F)(F)F)c1. The number of carbonyl (C=O) groups excluding carboxylic acids is 1. The highest BCUT2D eigenvalue weighted by molar-refractivity contribution is 8.18. The zero-order valence-electron chi connectivity index (χ0n) is 20.1. The smallest absolute Gasteiger partial charge is 0.395 e. The van der Waals surface area contributed by atoms with Crippen LogP contribution in [0.4, 0.5) is 18.9 Å². The number of rotatable bonds is 5. The molecule has 3 heterocycles. The molecule has 0 radical (unpaired) electrons. The maximum absolute atomic E-state index is 13.6. The lowest BCUT2D eigenvalue weighted by Crippen LogP contribution is -2.48. The van der Waals surface area contributed by atoms with Crippen molar-refractivity contribution in [3.8, 4) is 0 Å². The van der Waals surface area contributed by atoms with Crippen LogP contribution in [0.15, 0.2) is 52.5 Å². The number of hydrogen-bond donors (Lipinski definition) is 1. The largest absolute Gasteiger partial charge is 0.415 e. The van der Waals surface area contributed by atoms with Crippen LogP contribution in [-0.4, -0.2) is 75.1 Å². The van der Waals surface area contributed by atoms with Crippen LogP contribution in [0, 0.1) is 6.57 Å². The van der Waals surface area contributed by atoms with Gasteiger partial charge in [0.15, 0.2) is 10.9 Å². The van der Waals surface area contributed by atoms with Crippen molar-refractivity contribution >= 4 is 45.5 Å². The van der Waals surface area contributed by atoms with Gasteiger partial charge in [0.25, 0.3) is 5.91 Å². The standard InChI is InChI=1S/C26H23F3N6O2S/c1-30-20-4-3-18(21(14-20)26(27,28)29)16-35-22-5-2-17(12-19(22)15-31-35)13-23-24(37)32-25(38-23)34-8-6-33(7-9-34)10-11-36/h2-5,12-15,36H,6-11,16H2/b23-13-. The van der Waals surface area contributed by atoms with E-state index >= 15 is 0 Å². The fraction of sp³-hybridized carbons (Fsp3) is 0.308. The molecule has 8 nitrogen and oxygen atoms in total. The minimum atomic E-state index is -4.59. The zero-order chi connectivity index (χ0) is 26.9. The molecule has 3 aromatic rings. The molecule has 2 aliphatic rings. The molecule has 0 unspecified atom stereocenters. The third-order valence-corrected chi connectivity index (χ3v) is 7.52. The third-order valence-electron chi connectivity index (χ3n) is 6.48. The van der Waals surface area contributed by atoms with Gasteiger partial charge in [0, 0.05) is 38.1 Å². The molecule has 1 amide bonds. The Labute approximate surface area is 220 Å². The second kappa shape index (κ2) is 10.6. The lowest BCUT2D eigenvalue weighted by Gasteiger charge is -2.34. The number of fused-ring (bicyclic) bond motifs is 1. The van der Waals surface area contributed by atoms with Gasteiger partial charge in [0.2, 0.25) is 0 Å². The summed E-state index contributed by atoms with van der Waals surface area (Å²) in [6.45, 7) is 10.7. The Morgan fingerprint density at radius 2 is 1.92 bits per heavy atom. The summed E-state index contributed by atoms with van der Waals surface area (Å²) < 4.78 is 42.3. The van der Waals surface area contributed by atoms with E-state index in [1.54, 1.807) is 24.4 Å². The molecule has 1 saturated heterocycles. The molecular weight excluding hydrogens is 517 g/mol. The molecule has 0 atom stereocenters. The predicted octanol–water partition coefficient (Wildman–Crippen LogP) is 4.23. The summed E-state index contributed by atoms with van der Waals surface area (Å²) in [7, 11) is 0. The number of piperazine rings is 1. The van der Waals surface area contributed by atoms with Gasteiger partial charge in [-0.15, -0.1) is 0 Å². The van der Waals surface area contributed by atoms with E-state index in [1.807, 2.05) is 6.07 Å². The van der Waals surface area contributed by atoms with Crippen molar-refractivity contribution < 1.29 is 23.1 Å². The van der Waals surface area contributed by atoms with E-state index in [0.717, 1.165) is 43.2 Å². The van der Waals surface area contributed by atoms with Crippen molar-refractivity contribution in [1.29, 1.82) is 0 Å². The van der Waals surface area contributed by atoms with Crippen LogP contribution in [0.5, 0.6) is 0 Å². The summed E-state index contributed by atoms with van der Waals surface area (Å²) in [6.07, 6.45) is -1.25. The van der Waals surface area contributed by atoms with E-state index in [1.165, 1.54) is 28.6 Å². The first-order valence-electron chi connectivity index (χ1n) is 11.9. The summed E-state index contributed by atoms with van der Waals surface area (Å²) in [6, 6.07) is 8.93. The van der Waals surface area contributed by atoms with Gasteiger partial charge in [-0.3, -0.25) is 14.4 Å². The molecule has 1 aromatic heterocycles. The third kappa shape index (κ3) is 5.45. The Morgan fingerprint density at radius 1 is 1.13 bits per heavy atom. The second-order valence-corrected chi connectivity index (χ2v) is 9.94. The van der Waals surface area contributed by atoms with Crippen LogP contribution in [-0.2, 0) is 17.5 Å². The molecular formula is C26H23F3N6O2S. The first-order chi connectivity index (χ1) is 18.2. The Kier molecular flexibility index (Phi) is 7.25. The molecule has 12 heteroatoms. The number of aliphatic hydroxyl groups excluding tert-OH is 1. The molecule has 1 N–H and O–H groups in total. The van der Waals surface area contributed by atoms with E-state index in [4.69, 9.17) is 11.7 Å². The van der Waals surface area contributed by atoms with Crippen molar-refractivity contribution in [2.45, 2.75) is 12.7 Å². The molecule has 0 bridgehead atoms. The minimum Gasteiger partial charge on any atom is -0.395 e. The van der Waals surface area contributed by atoms with Gasteiger partial charge < -0.3 is 10.0 Å². The van der Waals surface area contributed by atoms with Gasteiger partial charge in [-0.1, -0.05) is 18.2 Å². The molecule has 0 spiro atoms. The topological polar surface area (TPSA) is 78.3 Å². The molecule has 0 saturated carbocycles. The Bertz CT molecular complexity index is 1480. The van der Waals surface area contributed by atoms with Gasteiger partial charge >= 0.3 is 6.18 Å². The lowest BCUT2D eigenvalue weighted by molar-refractivity contribution is -0.138. The highest BCUT2D eigenvalue weighted by Gasteiger charge is 2.33. The molecule has 38 heavy (non-hydrogen) atoms. The Morgan fingerprint density at radius 3 is 2.63 bits per heavy atom. The summed E-state index contributed by atoms with van der Waals surface area (Å²) >= 11 is 1.33. The van der Waals surface area contributed by atoms with E-state index in [-0.39, 0.29) is 30.3 Å². The number of aromatic nitrogens is 2. The molecule has 196 valence electrons. The van der Waals surface area contributed by atoms with E-state index < -0.39 is 11.7 Å². The molecule has 0 aliphatic carbocycles. The number of carbonyl (C=O) groups is 1. The van der Waals surface area contributed by atoms with E-state index in [0.29, 0.717) is 22.1 Å². The van der Waals surface area contributed by atoms with Gasteiger partial charge in [0.1, 0.15) is 0 Å². The predicted molar refractivity (Wildman–Crippen MR) is 140 cm³/mol. The summed E-state index contributed by atoms with van der Waals surface area (Å²) in [5.74, 6) is -0.305. The maximum atomic E-state index is 13.6. The first kappa shape index (κ1) is 26.0. The number of amides is 1. The summed E-state index contributed by atoms with van der Waals surface area (Å²) in [5.41, 5.74) is 0.515. The van der Waals surface area contributed by atoms with Crippen LogP contribution in [0.1, 0.15) is 16.7 Å². The quantitative estimate of drug-likeness (QED) is 0.386. The van der Waals surface area contributed by atoms with Crippen LogP contribution < -0.4 is 0 Å². The molecule has 5 rings (SSSR count). The number of alkyl halides is 3. The maximum Gasteiger partial charge on any atom is 0.415 e. The zero-order valence-corrected chi connectivity index (χ0v) is 21.0.